The number of aryl methyl sites for hydroxylation is 2. The van der Waals surface area contributed by atoms with Crippen molar-refractivity contribution in [3.05, 3.63) is 57.3 Å². The number of benzene rings is 2. The molecule has 1 heterocycles. The van der Waals surface area contributed by atoms with E-state index in [2.05, 4.69) is 26.5 Å². The lowest BCUT2D eigenvalue weighted by atomic mass is 9.94. The summed E-state index contributed by atoms with van der Waals surface area (Å²) in [7, 11) is 1.51. The molecule has 0 saturated carbocycles. The number of carbonyl (C=O) groups is 1. The molecule has 3 aromatic rings. The topological polar surface area (TPSA) is 84.1 Å². The molecule has 1 aromatic heterocycles. The lowest BCUT2D eigenvalue weighted by Crippen LogP contribution is -2.18. The second-order valence-electron chi connectivity index (χ2n) is 6.60. The average molecular weight is 443 g/mol. The van der Waals surface area contributed by atoms with Gasteiger partial charge in [0.25, 0.3) is 5.91 Å². The summed E-state index contributed by atoms with van der Waals surface area (Å²) in [4.78, 5) is 12.4. The summed E-state index contributed by atoms with van der Waals surface area (Å²) in [6.07, 6.45) is 5.43. The van der Waals surface area contributed by atoms with Crippen LogP contribution in [-0.2, 0) is 12.8 Å². The predicted octanol–water partition coefficient (Wildman–Crippen LogP) is 4.55. The van der Waals surface area contributed by atoms with Crippen molar-refractivity contribution in [1.82, 2.24) is 5.43 Å². The predicted molar refractivity (Wildman–Crippen MR) is 110 cm³/mol. The number of phenols is 1. The van der Waals surface area contributed by atoms with Crippen LogP contribution >= 0.6 is 15.9 Å². The van der Waals surface area contributed by atoms with Crippen LogP contribution in [0.5, 0.6) is 11.5 Å². The van der Waals surface area contributed by atoms with Gasteiger partial charge in [-0.15, -0.1) is 0 Å². The molecule has 0 atom stereocenters. The SMILES string of the molecule is COc1ccccc1C(=O)N/N=C/c1c(O)c(Br)cc2oc3c(c12)CCCC3. The summed E-state index contributed by atoms with van der Waals surface area (Å²) in [5.41, 5.74) is 5.22. The van der Waals surface area contributed by atoms with Crippen molar-refractivity contribution in [2.45, 2.75) is 25.7 Å². The van der Waals surface area contributed by atoms with Crippen LogP contribution in [0.3, 0.4) is 0 Å². The van der Waals surface area contributed by atoms with E-state index in [4.69, 9.17) is 9.15 Å². The molecular weight excluding hydrogens is 424 g/mol. The minimum absolute atomic E-state index is 0.0666. The number of ether oxygens (including phenoxy) is 1. The second-order valence-corrected chi connectivity index (χ2v) is 7.46. The number of carbonyl (C=O) groups excluding carboxylic acids is 1. The van der Waals surface area contributed by atoms with E-state index in [1.54, 1.807) is 30.3 Å². The Balaban J connectivity index is 1.68. The molecule has 7 heteroatoms. The summed E-state index contributed by atoms with van der Waals surface area (Å²) in [5, 5.41) is 15.5. The second kappa shape index (κ2) is 7.67. The van der Waals surface area contributed by atoms with Crippen molar-refractivity contribution in [3.63, 3.8) is 0 Å². The molecule has 0 radical (unpaired) electrons. The van der Waals surface area contributed by atoms with Crippen molar-refractivity contribution >= 4 is 39.0 Å². The fraction of sp³-hybridized carbons (Fsp3) is 0.238. The Morgan fingerprint density at radius 1 is 1.32 bits per heavy atom. The first kappa shape index (κ1) is 18.6. The van der Waals surface area contributed by atoms with E-state index in [0.717, 1.165) is 42.4 Å². The van der Waals surface area contributed by atoms with Gasteiger partial charge in [-0.05, 0) is 53.4 Å². The van der Waals surface area contributed by atoms with Crippen molar-refractivity contribution < 1.29 is 19.1 Å². The highest BCUT2D eigenvalue weighted by molar-refractivity contribution is 9.10. The maximum Gasteiger partial charge on any atom is 0.275 e. The van der Waals surface area contributed by atoms with Crippen LogP contribution < -0.4 is 10.2 Å². The number of hydrogen-bond donors (Lipinski definition) is 2. The quantitative estimate of drug-likeness (QED) is 0.458. The molecule has 0 saturated heterocycles. The molecular formula is C21H19BrN2O4. The third kappa shape index (κ3) is 3.26. The van der Waals surface area contributed by atoms with Crippen LogP contribution in [0, 0.1) is 0 Å². The number of amides is 1. The van der Waals surface area contributed by atoms with Gasteiger partial charge in [0.2, 0.25) is 0 Å². The first-order valence-corrected chi connectivity index (χ1v) is 9.81. The Morgan fingerprint density at radius 2 is 2.11 bits per heavy atom. The molecule has 4 rings (SSSR count). The Labute approximate surface area is 170 Å². The highest BCUT2D eigenvalue weighted by atomic mass is 79.9. The number of phenolic OH excluding ortho intramolecular Hbond substituents is 1. The summed E-state index contributed by atoms with van der Waals surface area (Å²) in [5.74, 6) is 1.10. The molecule has 144 valence electrons. The molecule has 28 heavy (non-hydrogen) atoms. The van der Waals surface area contributed by atoms with Gasteiger partial charge in [0.05, 0.1) is 23.4 Å². The number of methoxy groups -OCH3 is 1. The highest BCUT2D eigenvalue weighted by Crippen LogP contribution is 2.40. The van der Waals surface area contributed by atoms with Gasteiger partial charge in [-0.2, -0.15) is 5.10 Å². The monoisotopic (exact) mass is 442 g/mol. The zero-order chi connectivity index (χ0) is 19.7. The molecule has 2 N–H and O–H groups in total. The molecule has 1 aliphatic rings. The van der Waals surface area contributed by atoms with Crippen molar-refractivity contribution in [2.75, 3.05) is 7.11 Å². The molecule has 0 aliphatic heterocycles. The van der Waals surface area contributed by atoms with Crippen LogP contribution in [0.15, 0.2) is 44.3 Å². The minimum Gasteiger partial charge on any atom is -0.506 e. The van der Waals surface area contributed by atoms with Gasteiger partial charge in [-0.3, -0.25) is 4.79 Å². The average Bonchev–Trinajstić information content (AvgIpc) is 3.08. The molecule has 0 bridgehead atoms. The zero-order valence-corrected chi connectivity index (χ0v) is 16.9. The van der Waals surface area contributed by atoms with Gasteiger partial charge in [-0.25, -0.2) is 5.43 Å². The Kier molecular flexibility index (Phi) is 5.09. The van der Waals surface area contributed by atoms with Crippen LogP contribution in [0.2, 0.25) is 0 Å². The van der Waals surface area contributed by atoms with Crippen molar-refractivity contribution in [2.24, 2.45) is 5.10 Å². The smallest absolute Gasteiger partial charge is 0.275 e. The van der Waals surface area contributed by atoms with Gasteiger partial charge >= 0.3 is 0 Å². The zero-order valence-electron chi connectivity index (χ0n) is 15.3. The minimum atomic E-state index is -0.395. The number of fused-ring (bicyclic) bond motifs is 3. The summed E-state index contributed by atoms with van der Waals surface area (Å²) in [6.45, 7) is 0. The molecule has 0 spiro atoms. The standard InChI is InChI=1S/C21H19BrN2O4/c1-27-16-8-4-3-7-13(16)21(26)24-23-11-14-19-12-6-2-5-9-17(12)28-18(19)10-15(22)20(14)25/h3-4,7-8,10-11,25H,2,5-6,9H2,1H3,(H,24,26)/b23-11+. The maximum atomic E-state index is 12.4. The van der Waals surface area contributed by atoms with Gasteiger partial charge < -0.3 is 14.3 Å². The van der Waals surface area contributed by atoms with E-state index in [1.165, 1.54) is 13.3 Å². The first-order valence-electron chi connectivity index (χ1n) is 9.02. The van der Waals surface area contributed by atoms with Crippen LogP contribution in [0.4, 0.5) is 0 Å². The normalized spacial score (nSPS) is 13.6. The van der Waals surface area contributed by atoms with E-state index >= 15 is 0 Å². The number of furan rings is 1. The van der Waals surface area contributed by atoms with Crippen molar-refractivity contribution in [1.29, 1.82) is 0 Å². The van der Waals surface area contributed by atoms with Gasteiger partial charge in [0.1, 0.15) is 22.8 Å². The first-order chi connectivity index (χ1) is 13.6. The van der Waals surface area contributed by atoms with Crippen LogP contribution in [0.25, 0.3) is 11.0 Å². The van der Waals surface area contributed by atoms with Gasteiger partial charge in [0, 0.05) is 22.9 Å². The van der Waals surface area contributed by atoms with Crippen molar-refractivity contribution in [3.8, 4) is 11.5 Å². The lowest BCUT2D eigenvalue weighted by molar-refractivity contribution is 0.0952. The van der Waals surface area contributed by atoms with E-state index in [9.17, 15) is 9.90 Å². The maximum absolute atomic E-state index is 12.4. The summed E-state index contributed by atoms with van der Waals surface area (Å²) >= 11 is 3.36. The third-order valence-electron chi connectivity index (χ3n) is 4.92. The molecule has 0 unspecified atom stereocenters. The molecule has 1 aliphatic carbocycles. The Hall–Kier alpha value is -2.80. The number of halogens is 1. The molecule has 0 fully saturated rings. The Bertz CT molecular complexity index is 1090. The van der Waals surface area contributed by atoms with Gasteiger partial charge in [0.15, 0.2) is 0 Å². The number of hydrazone groups is 1. The fourth-order valence-electron chi connectivity index (χ4n) is 3.59. The molecule has 2 aromatic carbocycles. The summed E-state index contributed by atoms with van der Waals surface area (Å²) < 4.78 is 11.7. The Morgan fingerprint density at radius 3 is 2.93 bits per heavy atom. The van der Waals surface area contributed by atoms with E-state index < -0.39 is 5.91 Å². The lowest BCUT2D eigenvalue weighted by Gasteiger charge is -2.10. The largest absolute Gasteiger partial charge is 0.506 e. The number of hydrogen-bond acceptors (Lipinski definition) is 5. The third-order valence-corrected chi connectivity index (χ3v) is 5.52. The number of nitrogens with one attached hydrogen (secondary N) is 1. The fourth-order valence-corrected chi connectivity index (χ4v) is 4.01. The highest BCUT2D eigenvalue weighted by Gasteiger charge is 2.23. The summed E-state index contributed by atoms with van der Waals surface area (Å²) in [6, 6.07) is 8.68. The number of nitrogens with zero attached hydrogens (tertiary/aromatic N) is 1. The van der Waals surface area contributed by atoms with Crippen LogP contribution in [0.1, 0.15) is 40.1 Å². The molecule has 6 nitrogen and oxygen atoms in total. The number of rotatable bonds is 4. The number of aromatic hydroxyl groups is 1. The van der Waals surface area contributed by atoms with E-state index in [-0.39, 0.29) is 5.75 Å². The molecule has 1 amide bonds. The van der Waals surface area contributed by atoms with E-state index in [1.807, 2.05) is 0 Å². The van der Waals surface area contributed by atoms with E-state index in [0.29, 0.717) is 26.9 Å². The van der Waals surface area contributed by atoms with Crippen LogP contribution in [-0.4, -0.2) is 24.3 Å². The van der Waals surface area contributed by atoms with Gasteiger partial charge in [-0.1, -0.05) is 12.1 Å². The number of para-hydroxylation sites is 1.